The van der Waals surface area contributed by atoms with Gasteiger partial charge in [-0.15, -0.1) is 0 Å². The topological polar surface area (TPSA) is 36.4 Å². The molecule has 0 amide bonds. The van der Waals surface area contributed by atoms with E-state index in [0.29, 0.717) is 6.54 Å². The molecule has 0 aliphatic carbocycles. The summed E-state index contributed by atoms with van der Waals surface area (Å²) in [5, 5.41) is 10.0. The lowest BCUT2D eigenvalue weighted by molar-refractivity contribution is -0.0733. The lowest BCUT2D eigenvalue weighted by atomic mass is 10.3. The van der Waals surface area contributed by atoms with Crippen LogP contribution in [-0.4, -0.2) is 22.3 Å². The maximum atomic E-state index is 8.91. The molecule has 0 fully saturated rings. The largest absolute Gasteiger partial charge is 0.314 e. The molecule has 0 radical (unpaired) electrons. The molecule has 11 heavy (non-hydrogen) atoms. The van der Waals surface area contributed by atoms with Gasteiger partial charge in [0.05, 0.1) is 6.54 Å². The quantitative estimate of drug-likeness (QED) is 0.604. The van der Waals surface area contributed by atoms with Crippen molar-refractivity contribution in [2.24, 2.45) is 0 Å². The molecular weight excluding hydrogens is 208 g/mol. The van der Waals surface area contributed by atoms with Gasteiger partial charge >= 0.3 is 0 Å². The fourth-order valence-corrected chi connectivity index (χ4v) is 1.16. The Kier molecular flexibility index (Phi) is 2.99. The maximum Gasteiger partial charge on any atom is 0.110 e. The van der Waals surface area contributed by atoms with Crippen LogP contribution >= 0.6 is 15.9 Å². The number of hydrogen-bond acceptors (Lipinski definition) is 3. The van der Waals surface area contributed by atoms with Crippen molar-refractivity contribution in [1.29, 1.82) is 0 Å². The van der Waals surface area contributed by atoms with Crippen molar-refractivity contribution >= 4 is 15.9 Å². The van der Waals surface area contributed by atoms with Crippen LogP contribution < -0.4 is 0 Å². The van der Waals surface area contributed by atoms with Crippen LogP contribution in [0.5, 0.6) is 0 Å². The Hall–Kier alpha value is -0.450. The lowest BCUT2D eigenvalue weighted by Crippen LogP contribution is -2.12. The van der Waals surface area contributed by atoms with E-state index in [1.165, 1.54) is 0 Å². The van der Waals surface area contributed by atoms with Crippen molar-refractivity contribution in [1.82, 2.24) is 10.0 Å². The van der Waals surface area contributed by atoms with E-state index in [2.05, 4.69) is 20.9 Å². The molecule has 1 heterocycles. The Balaban J connectivity index is 2.78. The molecule has 3 nitrogen and oxygen atoms in total. The number of nitrogens with zero attached hydrogens (tertiary/aromatic N) is 2. The maximum absolute atomic E-state index is 8.91. The summed E-state index contributed by atoms with van der Waals surface area (Å²) in [5.41, 5.74) is 0.970. The van der Waals surface area contributed by atoms with Crippen LogP contribution in [0.4, 0.5) is 0 Å². The third-order valence-electron chi connectivity index (χ3n) is 1.24. The van der Waals surface area contributed by atoms with Gasteiger partial charge in [0.1, 0.15) is 4.60 Å². The summed E-state index contributed by atoms with van der Waals surface area (Å²) in [4.78, 5) is 4.01. The highest BCUT2D eigenvalue weighted by atomic mass is 79.9. The van der Waals surface area contributed by atoms with Gasteiger partial charge in [-0.2, -0.15) is 5.06 Å². The number of hydrogen-bond donors (Lipinski definition) is 1. The molecule has 0 saturated heterocycles. The minimum atomic E-state index is 0.481. The van der Waals surface area contributed by atoms with E-state index in [-0.39, 0.29) is 0 Å². The second kappa shape index (κ2) is 3.80. The van der Waals surface area contributed by atoms with E-state index >= 15 is 0 Å². The lowest BCUT2D eigenvalue weighted by Gasteiger charge is -2.08. The Morgan fingerprint density at radius 3 is 3.00 bits per heavy atom. The number of hydroxylamine groups is 2. The molecular formula is C7H9BrN2O. The van der Waals surface area contributed by atoms with Crippen LogP contribution in [0.15, 0.2) is 22.9 Å². The van der Waals surface area contributed by atoms with Crippen molar-refractivity contribution in [3.63, 3.8) is 0 Å². The third kappa shape index (κ3) is 2.57. The van der Waals surface area contributed by atoms with Crippen molar-refractivity contribution < 1.29 is 5.21 Å². The smallest absolute Gasteiger partial charge is 0.110 e. The molecule has 0 aliphatic heterocycles. The van der Waals surface area contributed by atoms with E-state index in [0.717, 1.165) is 15.2 Å². The standard InChI is InChI=1S/C7H9BrN2O/c1-10(11)5-6-3-2-4-9-7(6)8/h2-4,11H,5H2,1H3. The first-order chi connectivity index (χ1) is 5.20. The molecule has 0 unspecified atom stereocenters. The Labute approximate surface area is 73.8 Å². The van der Waals surface area contributed by atoms with Crippen LogP contribution in [0.3, 0.4) is 0 Å². The Bertz CT molecular complexity index is 240. The van der Waals surface area contributed by atoms with Gasteiger partial charge < -0.3 is 5.21 Å². The molecule has 0 aromatic carbocycles. The van der Waals surface area contributed by atoms with Gasteiger partial charge in [0.2, 0.25) is 0 Å². The molecule has 0 aliphatic rings. The first-order valence-corrected chi connectivity index (χ1v) is 3.99. The summed E-state index contributed by atoms with van der Waals surface area (Å²) in [6.45, 7) is 0.481. The third-order valence-corrected chi connectivity index (χ3v) is 1.95. The van der Waals surface area contributed by atoms with E-state index in [1.54, 1.807) is 13.2 Å². The van der Waals surface area contributed by atoms with Gasteiger partial charge in [0.25, 0.3) is 0 Å². The molecule has 60 valence electrons. The monoisotopic (exact) mass is 216 g/mol. The number of halogens is 1. The zero-order chi connectivity index (χ0) is 8.27. The molecule has 0 spiro atoms. The van der Waals surface area contributed by atoms with Crippen molar-refractivity contribution in [3.8, 4) is 0 Å². The highest BCUT2D eigenvalue weighted by Crippen LogP contribution is 2.13. The van der Waals surface area contributed by atoms with Crippen LogP contribution in [0, 0.1) is 0 Å². The summed E-state index contributed by atoms with van der Waals surface area (Å²) in [6.07, 6.45) is 1.70. The van der Waals surface area contributed by atoms with Gasteiger partial charge in [-0.05, 0) is 22.0 Å². The second-order valence-electron chi connectivity index (χ2n) is 2.27. The van der Waals surface area contributed by atoms with Gasteiger partial charge in [-0.25, -0.2) is 4.98 Å². The zero-order valence-electron chi connectivity index (χ0n) is 6.16. The normalized spacial score (nSPS) is 10.5. The van der Waals surface area contributed by atoms with Crippen LogP contribution in [0.1, 0.15) is 5.56 Å². The van der Waals surface area contributed by atoms with Crippen molar-refractivity contribution in [2.45, 2.75) is 6.54 Å². The van der Waals surface area contributed by atoms with Gasteiger partial charge in [-0.1, -0.05) is 6.07 Å². The fourth-order valence-electron chi connectivity index (χ4n) is 0.784. The summed E-state index contributed by atoms with van der Waals surface area (Å²) in [7, 11) is 1.60. The van der Waals surface area contributed by atoms with Gasteiger partial charge in [-0.3, -0.25) is 0 Å². The van der Waals surface area contributed by atoms with E-state index in [4.69, 9.17) is 5.21 Å². The second-order valence-corrected chi connectivity index (χ2v) is 3.02. The average molecular weight is 217 g/mol. The number of aromatic nitrogens is 1. The van der Waals surface area contributed by atoms with Crippen LogP contribution in [0.25, 0.3) is 0 Å². The Morgan fingerprint density at radius 1 is 1.73 bits per heavy atom. The molecule has 1 rings (SSSR count). The minimum absolute atomic E-state index is 0.481. The molecule has 0 saturated carbocycles. The summed E-state index contributed by atoms with van der Waals surface area (Å²) in [5.74, 6) is 0. The minimum Gasteiger partial charge on any atom is -0.314 e. The molecule has 1 N–H and O–H groups in total. The first-order valence-electron chi connectivity index (χ1n) is 3.19. The van der Waals surface area contributed by atoms with E-state index < -0.39 is 0 Å². The highest BCUT2D eigenvalue weighted by molar-refractivity contribution is 9.10. The van der Waals surface area contributed by atoms with Crippen molar-refractivity contribution in [3.05, 3.63) is 28.5 Å². The molecule has 0 atom stereocenters. The number of pyridine rings is 1. The van der Waals surface area contributed by atoms with Gasteiger partial charge in [0.15, 0.2) is 0 Å². The molecule has 1 aromatic rings. The van der Waals surface area contributed by atoms with Crippen LogP contribution in [-0.2, 0) is 6.54 Å². The van der Waals surface area contributed by atoms with E-state index in [9.17, 15) is 0 Å². The Morgan fingerprint density at radius 2 is 2.45 bits per heavy atom. The molecule has 0 bridgehead atoms. The zero-order valence-corrected chi connectivity index (χ0v) is 7.74. The summed E-state index contributed by atoms with van der Waals surface area (Å²) < 4.78 is 0.779. The summed E-state index contributed by atoms with van der Waals surface area (Å²) in [6, 6.07) is 3.74. The predicted octanol–water partition coefficient (Wildman–Crippen LogP) is 1.67. The number of rotatable bonds is 2. The fraction of sp³-hybridized carbons (Fsp3) is 0.286. The van der Waals surface area contributed by atoms with Gasteiger partial charge in [0, 0.05) is 18.8 Å². The molecule has 1 aromatic heterocycles. The predicted molar refractivity (Wildman–Crippen MR) is 45.2 cm³/mol. The SMILES string of the molecule is CN(O)Cc1cccnc1Br. The van der Waals surface area contributed by atoms with E-state index in [1.807, 2.05) is 12.1 Å². The highest BCUT2D eigenvalue weighted by Gasteiger charge is 2.00. The molecule has 4 heteroatoms. The summed E-state index contributed by atoms with van der Waals surface area (Å²) >= 11 is 3.28. The average Bonchev–Trinajstić information content (AvgIpc) is 1.93. The first kappa shape index (κ1) is 8.64. The van der Waals surface area contributed by atoms with Crippen molar-refractivity contribution in [2.75, 3.05) is 7.05 Å². The van der Waals surface area contributed by atoms with Crippen LogP contribution in [0.2, 0.25) is 0 Å².